The highest BCUT2D eigenvalue weighted by Crippen LogP contribution is 2.70. The Kier molecular flexibility index (Phi) is 11.8. The van der Waals surface area contributed by atoms with Gasteiger partial charge in [0.15, 0.2) is 30.0 Å². The smallest absolute Gasteiger partial charge is 0.340 e. The van der Waals surface area contributed by atoms with Crippen molar-refractivity contribution in [2.75, 3.05) is 13.2 Å². The topological polar surface area (TPSA) is 253 Å². The third-order valence-electron chi connectivity index (χ3n) is 11.1. The third-order valence-corrected chi connectivity index (χ3v) is 11.1. The molecule has 0 unspecified atom stereocenters. The first-order valence-corrected chi connectivity index (χ1v) is 18.3. The number of fused-ring (bicyclic) bond motifs is 5. The maximum Gasteiger partial charge on any atom is 0.340 e. The van der Waals surface area contributed by atoms with Crippen molar-refractivity contribution in [3.05, 3.63) is 29.6 Å². The zero-order valence-corrected chi connectivity index (χ0v) is 33.0. The van der Waals surface area contributed by atoms with Crippen LogP contribution in [0.1, 0.15) is 84.8 Å². The maximum atomic E-state index is 14.1. The van der Waals surface area contributed by atoms with E-state index < -0.39 is 132 Å². The van der Waals surface area contributed by atoms with E-state index in [0.29, 0.717) is 0 Å². The predicted molar refractivity (Wildman–Crippen MR) is 185 cm³/mol. The van der Waals surface area contributed by atoms with Crippen molar-refractivity contribution in [2.45, 2.75) is 129 Å². The van der Waals surface area contributed by atoms with Crippen LogP contribution in [0.2, 0.25) is 0 Å². The molecule has 12 atom stereocenters. The number of aliphatic hydroxyl groups is 1. The molecule has 0 amide bonds. The molecule has 3 heterocycles. The van der Waals surface area contributed by atoms with Gasteiger partial charge in [0.2, 0.25) is 0 Å². The zero-order valence-electron chi connectivity index (χ0n) is 33.0. The fraction of sp³-hybridized carbons (Fsp3) is 0.658. The van der Waals surface area contributed by atoms with Crippen LogP contribution in [0, 0.1) is 17.3 Å². The Morgan fingerprint density at radius 3 is 1.91 bits per heavy atom. The van der Waals surface area contributed by atoms with E-state index >= 15 is 0 Å². The molecular weight excluding hydrogens is 758 g/mol. The monoisotopic (exact) mass is 805 g/mol. The lowest BCUT2D eigenvalue weighted by Crippen LogP contribution is -2.89. The largest absolute Gasteiger partial charge is 0.465 e. The number of carbonyl (C=O) groups is 8. The van der Waals surface area contributed by atoms with Gasteiger partial charge in [0.25, 0.3) is 0 Å². The molecule has 19 nitrogen and oxygen atoms in total. The number of cyclic esters (lactones) is 1. The molecule has 0 aromatic carbocycles. The number of hydrogen-bond acceptors (Lipinski definition) is 19. The summed E-state index contributed by atoms with van der Waals surface area (Å²) < 4.78 is 54.2. The molecule has 19 heteroatoms. The molecular formula is C38H47NO18. The standard InChI is InChI=1S/C38H47NO18/c1-17-12-13-25-24(11-10-14-39-25)34(47)50-15-35(8)26-27(51-19(3)41)31(54-22(6)44)37(16-49-18(2)40)32(55-23(7)45)28(52-20(4)42)30(56-33(17)46)36(9,48)38(37,57-35)29(26)53-21(5)43/h10-11,14,17,26-32,48H,12-13,15-16H2,1-9H3/t17-,26+,27-,28-,29-,30-,31+,32-,35-,36-,37+,38-/m0/s1. The summed E-state index contributed by atoms with van der Waals surface area (Å²) in [6, 6.07) is 2.95. The number of aromatic nitrogens is 1. The molecule has 5 rings (SSSR count). The van der Waals surface area contributed by atoms with E-state index in [1.54, 1.807) is 0 Å². The van der Waals surface area contributed by atoms with Crippen LogP contribution in [0.3, 0.4) is 0 Å². The molecule has 1 aromatic rings. The van der Waals surface area contributed by atoms with Crippen LogP contribution in [0.4, 0.5) is 0 Å². The van der Waals surface area contributed by atoms with Crippen molar-refractivity contribution in [1.29, 1.82) is 0 Å². The molecule has 57 heavy (non-hydrogen) atoms. The zero-order chi connectivity index (χ0) is 42.4. The molecule has 2 saturated carbocycles. The van der Waals surface area contributed by atoms with E-state index in [9.17, 15) is 43.5 Å². The van der Waals surface area contributed by atoms with Gasteiger partial charge in [-0.2, -0.15) is 0 Å². The molecule has 1 spiro atoms. The number of pyridine rings is 1. The average molecular weight is 806 g/mol. The van der Waals surface area contributed by atoms with Crippen molar-refractivity contribution in [2.24, 2.45) is 17.3 Å². The van der Waals surface area contributed by atoms with Crippen molar-refractivity contribution < 1.29 is 86.1 Å². The Morgan fingerprint density at radius 1 is 0.807 bits per heavy atom. The van der Waals surface area contributed by atoms with Gasteiger partial charge >= 0.3 is 47.8 Å². The highest BCUT2D eigenvalue weighted by atomic mass is 16.7. The number of esters is 8. The minimum absolute atomic E-state index is 0.0290. The summed E-state index contributed by atoms with van der Waals surface area (Å²) >= 11 is 0. The normalized spacial score (nSPS) is 37.1. The second-order valence-electron chi connectivity index (χ2n) is 15.3. The molecule has 4 aliphatic rings. The number of aryl methyl sites for hydroxylation is 1. The Morgan fingerprint density at radius 2 is 1.35 bits per heavy atom. The van der Waals surface area contributed by atoms with Crippen molar-refractivity contribution in [3.8, 4) is 0 Å². The summed E-state index contributed by atoms with van der Waals surface area (Å²) in [6.45, 7) is 8.15. The Bertz CT molecular complexity index is 1840. The quantitative estimate of drug-likeness (QED) is 0.296. The van der Waals surface area contributed by atoms with Gasteiger partial charge in [-0.1, -0.05) is 6.92 Å². The van der Waals surface area contributed by atoms with Crippen LogP contribution in [-0.4, -0.2) is 124 Å². The fourth-order valence-electron chi connectivity index (χ4n) is 9.16. The molecule has 0 radical (unpaired) electrons. The van der Waals surface area contributed by atoms with Gasteiger partial charge in [0.05, 0.1) is 23.1 Å². The van der Waals surface area contributed by atoms with Crippen molar-refractivity contribution in [1.82, 2.24) is 4.98 Å². The minimum Gasteiger partial charge on any atom is -0.465 e. The van der Waals surface area contributed by atoms with E-state index in [-0.39, 0.29) is 24.1 Å². The number of nitrogens with zero attached hydrogens (tertiary/aromatic N) is 1. The van der Waals surface area contributed by atoms with Gasteiger partial charge in [0.1, 0.15) is 42.0 Å². The number of carbonyl (C=O) groups excluding carboxylic acids is 8. The van der Waals surface area contributed by atoms with Gasteiger partial charge in [-0.05, 0) is 38.8 Å². The van der Waals surface area contributed by atoms with E-state index in [0.717, 1.165) is 48.5 Å². The summed E-state index contributed by atoms with van der Waals surface area (Å²) in [5.41, 5.74) is -9.87. The summed E-state index contributed by atoms with van der Waals surface area (Å²) in [6.07, 6.45) is -10.3. The minimum atomic E-state index is -2.80. The Labute approximate surface area is 327 Å². The molecule has 1 N–H and O–H groups in total. The second-order valence-corrected chi connectivity index (χ2v) is 15.3. The molecule has 1 saturated heterocycles. The van der Waals surface area contributed by atoms with Crippen LogP contribution in [0.15, 0.2) is 18.3 Å². The lowest BCUT2D eigenvalue weighted by Gasteiger charge is -2.67. The van der Waals surface area contributed by atoms with Crippen LogP contribution in [0.5, 0.6) is 0 Å². The van der Waals surface area contributed by atoms with E-state index in [4.69, 9.17) is 42.6 Å². The molecule has 2 aliphatic heterocycles. The number of ether oxygens (including phenoxy) is 9. The lowest BCUT2D eigenvalue weighted by molar-refractivity contribution is -0.386. The van der Waals surface area contributed by atoms with Crippen LogP contribution in [-0.2, 0) is 82.6 Å². The highest BCUT2D eigenvalue weighted by Gasteiger charge is 2.92. The summed E-state index contributed by atoms with van der Waals surface area (Å²) in [7, 11) is 0. The maximum absolute atomic E-state index is 14.1. The van der Waals surface area contributed by atoms with Crippen LogP contribution in [0.25, 0.3) is 0 Å². The van der Waals surface area contributed by atoms with E-state index in [1.165, 1.54) is 32.2 Å². The first kappa shape index (κ1) is 43.0. The van der Waals surface area contributed by atoms with Gasteiger partial charge in [0, 0.05) is 47.7 Å². The molecule has 2 aliphatic carbocycles. The fourth-order valence-corrected chi connectivity index (χ4v) is 9.16. The van der Waals surface area contributed by atoms with Crippen molar-refractivity contribution in [3.63, 3.8) is 0 Å². The first-order valence-electron chi connectivity index (χ1n) is 18.3. The first-order chi connectivity index (χ1) is 26.5. The molecule has 4 bridgehead atoms. The van der Waals surface area contributed by atoms with Gasteiger partial charge < -0.3 is 47.7 Å². The molecule has 312 valence electrons. The van der Waals surface area contributed by atoms with E-state index in [2.05, 4.69) is 4.98 Å². The highest BCUT2D eigenvalue weighted by molar-refractivity contribution is 5.90. The summed E-state index contributed by atoms with van der Waals surface area (Å²) in [5, 5.41) is 13.4. The average Bonchev–Trinajstić information content (AvgIpc) is 3.32. The summed E-state index contributed by atoms with van der Waals surface area (Å²) in [4.78, 5) is 111. The number of hydrogen-bond donors (Lipinski definition) is 1. The molecule has 3 fully saturated rings. The van der Waals surface area contributed by atoms with Gasteiger partial charge in [-0.25, -0.2) is 4.79 Å². The SMILES string of the molecule is CC(=O)OC[C@]12[C@H](OC(C)=O)[C@@H](OC(C)=O)[C@@H]3[C@H](OC(C)=O)[C@@]14O[C@@]3(C)COC(=O)c1cccnc1CC[C@H](C)C(=O)O[C@@H]([C@H](OC(C)=O)[C@@H]2OC(C)=O)[C@]4(C)O. The van der Waals surface area contributed by atoms with Crippen molar-refractivity contribution >= 4 is 47.8 Å². The Balaban J connectivity index is 1.99. The second kappa shape index (κ2) is 15.6. The van der Waals surface area contributed by atoms with Crippen LogP contribution >= 0.6 is 0 Å². The van der Waals surface area contributed by atoms with Gasteiger partial charge in [-0.3, -0.25) is 38.5 Å². The lowest BCUT2D eigenvalue weighted by atomic mass is 9.45. The van der Waals surface area contributed by atoms with Gasteiger partial charge in [-0.15, -0.1) is 0 Å². The summed E-state index contributed by atoms with van der Waals surface area (Å²) in [5.74, 6) is -10.5. The Hall–Kier alpha value is -5.17. The van der Waals surface area contributed by atoms with Crippen LogP contribution < -0.4 is 0 Å². The number of rotatable bonds is 7. The molecule has 1 aromatic heterocycles. The third kappa shape index (κ3) is 7.30. The van der Waals surface area contributed by atoms with E-state index in [1.807, 2.05) is 0 Å². The predicted octanol–water partition coefficient (Wildman–Crippen LogP) is 0.863.